The number of hydrogen-bond acceptors (Lipinski definition) is 5. The molecule has 0 radical (unpaired) electrons. The van der Waals surface area contributed by atoms with E-state index in [0.29, 0.717) is 24.9 Å². The number of ether oxygens (including phenoxy) is 2. The summed E-state index contributed by atoms with van der Waals surface area (Å²) in [5, 5.41) is 12.7. The maximum absolute atomic E-state index is 12.6. The van der Waals surface area contributed by atoms with E-state index in [9.17, 15) is 9.90 Å². The van der Waals surface area contributed by atoms with Crippen molar-refractivity contribution >= 4 is 6.03 Å². The fourth-order valence-electron chi connectivity index (χ4n) is 3.02. The molecule has 0 spiro atoms. The van der Waals surface area contributed by atoms with Crippen molar-refractivity contribution in [2.24, 2.45) is 0 Å². The van der Waals surface area contributed by atoms with Gasteiger partial charge in [0, 0.05) is 38.8 Å². The topological polar surface area (TPSA) is 74.3 Å². The number of methoxy groups -OCH3 is 1. The third kappa shape index (κ3) is 4.99. The van der Waals surface area contributed by atoms with Gasteiger partial charge in [-0.15, -0.1) is 0 Å². The average Bonchev–Trinajstić information content (AvgIpc) is 3.46. The molecule has 1 aliphatic carbocycles. The number of carbonyl (C=O) groups excluding carboxylic acids is 1. The van der Waals surface area contributed by atoms with Gasteiger partial charge in [-0.1, -0.05) is 6.07 Å². The predicted octanol–water partition coefficient (Wildman–Crippen LogP) is 1.41. The largest absolute Gasteiger partial charge is 0.504 e. The Bertz CT molecular complexity index is 586. The highest BCUT2D eigenvalue weighted by Crippen LogP contribution is 2.31. The Labute approximate surface area is 148 Å². The summed E-state index contributed by atoms with van der Waals surface area (Å²) in [4.78, 5) is 16.8. The van der Waals surface area contributed by atoms with E-state index in [1.807, 2.05) is 11.0 Å². The number of nitrogens with one attached hydrogen (secondary N) is 1. The maximum atomic E-state index is 12.6. The zero-order valence-corrected chi connectivity index (χ0v) is 14.7. The van der Waals surface area contributed by atoms with Crippen molar-refractivity contribution in [2.75, 3.05) is 46.5 Å². The van der Waals surface area contributed by atoms with E-state index < -0.39 is 0 Å². The Morgan fingerprint density at radius 2 is 2.16 bits per heavy atom. The van der Waals surface area contributed by atoms with Crippen LogP contribution < -0.4 is 10.1 Å². The molecule has 0 bridgehead atoms. The molecule has 1 saturated carbocycles. The molecule has 0 unspecified atom stereocenters. The molecule has 7 nitrogen and oxygen atoms in total. The van der Waals surface area contributed by atoms with E-state index in [1.165, 1.54) is 7.11 Å². The first-order valence-corrected chi connectivity index (χ1v) is 8.88. The van der Waals surface area contributed by atoms with E-state index in [-0.39, 0.29) is 11.8 Å². The van der Waals surface area contributed by atoms with Crippen molar-refractivity contribution in [1.29, 1.82) is 0 Å². The first-order chi connectivity index (χ1) is 12.2. The van der Waals surface area contributed by atoms with Gasteiger partial charge in [0.25, 0.3) is 0 Å². The lowest BCUT2D eigenvalue weighted by molar-refractivity contribution is 0.0385. The molecule has 1 aromatic rings. The smallest absolute Gasteiger partial charge is 0.317 e. The molecule has 2 N–H and O–H groups in total. The summed E-state index contributed by atoms with van der Waals surface area (Å²) in [5.74, 6) is 0.542. The summed E-state index contributed by atoms with van der Waals surface area (Å²) < 4.78 is 10.5. The number of rotatable bonds is 7. The van der Waals surface area contributed by atoms with E-state index in [1.54, 1.807) is 12.1 Å². The first-order valence-electron chi connectivity index (χ1n) is 8.88. The molecule has 138 valence electrons. The van der Waals surface area contributed by atoms with Crippen molar-refractivity contribution in [3.8, 4) is 11.5 Å². The van der Waals surface area contributed by atoms with Gasteiger partial charge < -0.3 is 24.8 Å². The summed E-state index contributed by atoms with van der Waals surface area (Å²) in [7, 11) is 1.52. The van der Waals surface area contributed by atoms with Crippen LogP contribution in [0.1, 0.15) is 18.4 Å². The van der Waals surface area contributed by atoms with Crippen LogP contribution in [0.5, 0.6) is 11.5 Å². The molecule has 1 aliphatic heterocycles. The zero-order valence-electron chi connectivity index (χ0n) is 14.7. The Kier molecular flexibility index (Phi) is 5.99. The molecule has 25 heavy (non-hydrogen) atoms. The van der Waals surface area contributed by atoms with Crippen LogP contribution in [0.2, 0.25) is 0 Å². The van der Waals surface area contributed by atoms with Crippen LogP contribution >= 0.6 is 0 Å². The molecule has 1 aromatic carbocycles. The van der Waals surface area contributed by atoms with Crippen molar-refractivity contribution < 1.29 is 19.4 Å². The van der Waals surface area contributed by atoms with Crippen molar-refractivity contribution in [2.45, 2.75) is 25.4 Å². The van der Waals surface area contributed by atoms with Crippen LogP contribution in [0, 0.1) is 0 Å². The maximum Gasteiger partial charge on any atom is 0.317 e. The van der Waals surface area contributed by atoms with Crippen LogP contribution in [0.3, 0.4) is 0 Å². The van der Waals surface area contributed by atoms with Gasteiger partial charge >= 0.3 is 6.03 Å². The van der Waals surface area contributed by atoms with Gasteiger partial charge in [0.15, 0.2) is 11.5 Å². The minimum atomic E-state index is -0.0252. The van der Waals surface area contributed by atoms with Crippen molar-refractivity contribution in [3.63, 3.8) is 0 Å². The summed E-state index contributed by atoms with van der Waals surface area (Å²) in [6, 6.07) is 5.50. The average molecular weight is 349 g/mol. The monoisotopic (exact) mass is 349 g/mol. The third-order valence-corrected chi connectivity index (χ3v) is 4.65. The summed E-state index contributed by atoms with van der Waals surface area (Å²) >= 11 is 0. The quantitative estimate of drug-likeness (QED) is 0.779. The Hall–Kier alpha value is -1.99. The lowest BCUT2D eigenvalue weighted by Gasteiger charge is -2.28. The summed E-state index contributed by atoms with van der Waals surface area (Å²) in [6.07, 6.45) is 2.10. The van der Waals surface area contributed by atoms with Gasteiger partial charge in [-0.3, -0.25) is 4.90 Å². The number of benzene rings is 1. The predicted molar refractivity (Wildman–Crippen MR) is 93.9 cm³/mol. The van der Waals surface area contributed by atoms with E-state index in [4.69, 9.17) is 9.47 Å². The number of hydrogen-bond donors (Lipinski definition) is 2. The molecule has 3 rings (SSSR count). The number of amides is 2. The van der Waals surface area contributed by atoms with Gasteiger partial charge in [-0.25, -0.2) is 4.79 Å². The van der Waals surface area contributed by atoms with Gasteiger partial charge in [0.2, 0.25) is 0 Å². The lowest BCUT2D eigenvalue weighted by atomic mass is 10.2. The first kappa shape index (κ1) is 17.8. The number of phenols is 1. The standard InChI is InChI=1S/C18H27N3O4/c1-24-17-12-14(2-5-16(17)22)13-21(15-3-4-15)18(23)19-6-7-20-8-10-25-11-9-20/h2,5,12,15,22H,3-4,6-11,13H2,1H3,(H,19,23). The molecule has 2 amide bonds. The second-order valence-corrected chi connectivity index (χ2v) is 6.55. The fourth-order valence-corrected chi connectivity index (χ4v) is 3.02. The zero-order chi connectivity index (χ0) is 17.6. The van der Waals surface area contributed by atoms with Gasteiger partial charge in [-0.05, 0) is 30.5 Å². The Balaban J connectivity index is 1.52. The van der Waals surface area contributed by atoms with Crippen LogP contribution in [0.25, 0.3) is 0 Å². The molecule has 2 aliphatic rings. The third-order valence-electron chi connectivity index (χ3n) is 4.65. The molecule has 0 aromatic heterocycles. The van der Waals surface area contributed by atoms with E-state index >= 15 is 0 Å². The normalized spacial score (nSPS) is 18.0. The van der Waals surface area contributed by atoms with Crippen LogP contribution in [-0.4, -0.2) is 73.5 Å². The highest BCUT2D eigenvalue weighted by atomic mass is 16.5. The van der Waals surface area contributed by atoms with Gasteiger partial charge in [0.05, 0.1) is 20.3 Å². The number of phenolic OH excluding ortho intramolecular Hbond substituents is 1. The van der Waals surface area contributed by atoms with Crippen molar-refractivity contribution in [3.05, 3.63) is 23.8 Å². The number of nitrogens with zero attached hydrogens (tertiary/aromatic N) is 2. The fraction of sp³-hybridized carbons (Fsp3) is 0.611. The van der Waals surface area contributed by atoms with Crippen LogP contribution in [0.4, 0.5) is 4.79 Å². The molecular formula is C18H27N3O4. The lowest BCUT2D eigenvalue weighted by Crippen LogP contribution is -2.45. The summed E-state index contributed by atoms with van der Waals surface area (Å²) in [6.45, 7) is 5.40. The number of aromatic hydroxyl groups is 1. The molecular weight excluding hydrogens is 322 g/mol. The second kappa shape index (κ2) is 8.40. The minimum Gasteiger partial charge on any atom is -0.504 e. The highest BCUT2D eigenvalue weighted by Gasteiger charge is 2.32. The number of carbonyl (C=O) groups is 1. The number of morpholine rings is 1. The number of urea groups is 1. The molecule has 1 saturated heterocycles. The van der Waals surface area contributed by atoms with Gasteiger partial charge in [0.1, 0.15) is 0 Å². The summed E-state index contributed by atoms with van der Waals surface area (Å²) in [5.41, 5.74) is 0.949. The van der Waals surface area contributed by atoms with Crippen LogP contribution in [0.15, 0.2) is 18.2 Å². The van der Waals surface area contributed by atoms with E-state index in [0.717, 1.165) is 51.3 Å². The van der Waals surface area contributed by atoms with Gasteiger partial charge in [-0.2, -0.15) is 0 Å². The minimum absolute atomic E-state index is 0.0252. The van der Waals surface area contributed by atoms with Crippen molar-refractivity contribution in [1.82, 2.24) is 15.1 Å². The Morgan fingerprint density at radius 1 is 1.40 bits per heavy atom. The van der Waals surface area contributed by atoms with Crippen LogP contribution in [-0.2, 0) is 11.3 Å². The van der Waals surface area contributed by atoms with E-state index in [2.05, 4.69) is 10.2 Å². The second-order valence-electron chi connectivity index (χ2n) is 6.55. The SMILES string of the molecule is COc1cc(CN(C(=O)NCCN2CCOCC2)C2CC2)ccc1O. The molecule has 7 heteroatoms. The Morgan fingerprint density at radius 3 is 2.84 bits per heavy atom. The molecule has 1 heterocycles. The highest BCUT2D eigenvalue weighted by molar-refractivity contribution is 5.75. The molecule has 2 fully saturated rings. The molecule has 0 atom stereocenters.